The van der Waals surface area contributed by atoms with Gasteiger partial charge in [-0.05, 0) is 13.0 Å². The van der Waals surface area contributed by atoms with Gasteiger partial charge >= 0.3 is 0 Å². The Kier molecular flexibility index (Phi) is 3.17. The fourth-order valence-electron chi connectivity index (χ4n) is 2.23. The molecule has 0 bridgehead atoms. The molecule has 0 fully saturated rings. The van der Waals surface area contributed by atoms with Gasteiger partial charge in [0.25, 0.3) is 0 Å². The lowest BCUT2D eigenvalue weighted by Gasteiger charge is -2.38. The standard InChI is InChI=1S/C13H19NO2/c1-13(7-8-15-2)9-11(14)10-5-3-4-6-12(10)16-13/h3-6,11H,7-9,14H2,1-2H3. The second-order valence-corrected chi connectivity index (χ2v) is 4.64. The summed E-state index contributed by atoms with van der Waals surface area (Å²) in [6.07, 6.45) is 1.71. The van der Waals surface area contributed by atoms with Gasteiger partial charge in [0.15, 0.2) is 0 Å². The van der Waals surface area contributed by atoms with Crippen LogP contribution in [0.5, 0.6) is 5.75 Å². The minimum atomic E-state index is -0.205. The van der Waals surface area contributed by atoms with Crippen molar-refractivity contribution in [3.8, 4) is 5.75 Å². The average Bonchev–Trinajstić information content (AvgIpc) is 2.26. The summed E-state index contributed by atoms with van der Waals surface area (Å²) in [4.78, 5) is 0. The third-order valence-corrected chi connectivity index (χ3v) is 3.16. The zero-order chi connectivity index (χ0) is 11.6. The van der Waals surface area contributed by atoms with E-state index in [0.29, 0.717) is 6.61 Å². The Hall–Kier alpha value is -1.06. The molecule has 0 saturated carbocycles. The smallest absolute Gasteiger partial charge is 0.124 e. The fraction of sp³-hybridized carbons (Fsp3) is 0.538. The van der Waals surface area contributed by atoms with E-state index in [1.54, 1.807) is 7.11 Å². The van der Waals surface area contributed by atoms with Gasteiger partial charge in [0.1, 0.15) is 11.4 Å². The maximum atomic E-state index is 6.17. The minimum Gasteiger partial charge on any atom is -0.487 e. The topological polar surface area (TPSA) is 44.5 Å². The van der Waals surface area contributed by atoms with Gasteiger partial charge in [-0.1, -0.05) is 18.2 Å². The largest absolute Gasteiger partial charge is 0.487 e. The van der Waals surface area contributed by atoms with Crippen LogP contribution in [-0.4, -0.2) is 19.3 Å². The lowest BCUT2D eigenvalue weighted by atomic mass is 9.87. The van der Waals surface area contributed by atoms with Crippen LogP contribution >= 0.6 is 0 Å². The molecule has 0 saturated heterocycles. The van der Waals surface area contributed by atoms with Crippen LogP contribution in [0.4, 0.5) is 0 Å². The Morgan fingerprint density at radius 3 is 3.00 bits per heavy atom. The fourth-order valence-corrected chi connectivity index (χ4v) is 2.23. The first kappa shape index (κ1) is 11.4. The van der Waals surface area contributed by atoms with Crippen LogP contribution in [0.2, 0.25) is 0 Å². The van der Waals surface area contributed by atoms with E-state index in [4.69, 9.17) is 15.2 Å². The number of para-hydroxylation sites is 1. The summed E-state index contributed by atoms with van der Waals surface area (Å²) in [5.41, 5.74) is 7.08. The number of methoxy groups -OCH3 is 1. The Bertz CT molecular complexity index is 367. The molecule has 3 heteroatoms. The number of rotatable bonds is 3. The third kappa shape index (κ3) is 2.20. The number of nitrogens with two attached hydrogens (primary N) is 1. The third-order valence-electron chi connectivity index (χ3n) is 3.16. The van der Waals surface area contributed by atoms with Crippen molar-refractivity contribution in [3.05, 3.63) is 29.8 Å². The molecule has 2 N–H and O–H groups in total. The van der Waals surface area contributed by atoms with Crippen LogP contribution in [0.3, 0.4) is 0 Å². The molecule has 1 aromatic carbocycles. The van der Waals surface area contributed by atoms with Crippen LogP contribution < -0.4 is 10.5 Å². The Balaban J connectivity index is 2.20. The van der Waals surface area contributed by atoms with Crippen LogP contribution in [0.15, 0.2) is 24.3 Å². The molecule has 88 valence electrons. The summed E-state index contributed by atoms with van der Waals surface area (Å²) in [6.45, 7) is 2.80. The Morgan fingerprint density at radius 1 is 1.50 bits per heavy atom. The van der Waals surface area contributed by atoms with E-state index in [1.807, 2.05) is 24.3 Å². The van der Waals surface area contributed by atoms with Crippen molar-refractivity contribution in [2.45, 2.75) is 31.4 Å². The highest BCUT2D eigenvalue weighted by molar-refractivity contribution is 5.38. The molecule has 3 nitrogen and oxygen atoms in total. The minimum absolute atomic E-state index is 0.0619. The van der Waals surface area contributed by atoms with Crippen molar-refractivity contribution in [2.24, 2.45) is 5.73 Å². The number of hydrogen-bond donors (Lipinski definition) is 1. The van der Waals surface area contributed by atoms with E-state index >= 15 is 0 Å². The summed E-state index contributed by atoms with van der Waals surface area (Å²) in [6, 6.07) is 8.06. The van der Waals surface area contributed by atoms with Gasteiger partial charge in [-0.2, -0.15) is 0 Å². The quantitative estimate of drug-likeness (QED) is 0.851. The lowest BCUT2D eigenvalue weighted by molar-refractivity contribution is 0.0215. The zero-order valence-electron chi connectivity index (χ0n) is 9.90. The second-order valence-electron chi connectivity index (χ2n) is 4.64. The van der Waals surface area contributed by atoms with Gasteiger partial charge in [-0.25, -0.2) is 0 Å². The van der Waals surface area contributed by atoms with Gasteiger partial charge in [-0.3, -0.25) is 0 Å². The highest BCUT2D eigenvalue weighted by Crippen LogP contribution is 2.39. The SMILES string of the molecule is COCCC1(C)CC(N)c2ccccc2O1. The van der Waals surface area contributed by atoms with Crippen molar-refractivity contribution in [1.82, 2.24) is 0 Å². The van der Waals surface area contributed by atoms with Crippen molar-refractivity contribution >= 4 is 0 Å². The highest BCUT2D eigenvalue weighted by atomic mass is 16.5. The van der Waals surface area contributed by atoms with Gasteiger partial charge < -0.3 is 15.2 Å². The monoisotopic (exact) mass is 221 g/mol. The van der Waals surface area contributed by atoms with E-state index in [0.717, 1.165) is 24.2 Å². The van der Waals surface area contributed by atoms with E-state index in [-0.39, 0.29) is 11.6 Å². The van der Waals surface area contributed by atoms with Crippen molar-refractivity contribution in [1.29, 1.82) is 0 Å². The highest BCUT2D eigenvalue weighted by Gasteiger charge is 2.35. The van der Waals surface area contributed by atoms with Gasteiger partial charge in [0, 0.05) is 38.2 Å². The van der Waals surface area contributed by atoms with Crippen molar-refractivity contribution in [2.75, 3.05) is 13.7 Å². The van der Waals surface area contributed by atoms with E-state index in [1.165, 1.54) is 0 Å². The molecule has 0 aromatic heterocycles. The molecule has 0 amide bonds. The summed E-state index contributed by atoms with van der Waals surface area (Å²) >= 11 is 0. The van der Waals surface area contributed by atoms with Crippen molar-refractivity contribution in [3.63, 3.8) is 0 Å². The summed E-state index contributed by atoms with van der Waals surface area (Å²) in [7, 11) is 1.71. The van der Waals surface area contributed by atoms with Crippen LogP contribution in [0, 0.1) is 0 Å². The maximum absolute atomic E-state index is 6.17. The molecule has 0 aliphatic carbocycles. The van der Waals surface area contributed by atoms with Gasteiger partial charge in [-0.15, -0.1) is 0 Å². The average molecular weight is 221 g/mol. The molecule has 1 aromatic rings. The maximum Gasteiger partial charge on any atom is 0.124 e. The predicted octanol–water partition coefficient (Wildman–Crippen LogP) is 2.26. The molecular formula is C13H19NO2. The number of ether oxygens (including phenoxy) is 2. The van der Waals surface area contributed by atoms with E-state index in [9.17, 15) is 0 Å². The van der Waals surface area contributed by atoms with Crippen LogP contribution in [0.25, 0.3) is 0 Å². The van der Waals surface area contributed by atoms with Crippen LogP contribution in [0.1, 0.15) is 31.4 Å². The molecule has 0 radical (unpaired) electrons. The van der Waals surface area contributed by atoms with E-state index in [2.05, 4.69) is 6.92 Å². The molecule has 1 heterocycles. The predicted molar refractivity (Wildman–Crippen MR) is 63.5 cm³/mol. The molecule has 2 atom stereocenters. The van der Waals surface area contributed by atoms with E-state index < -0.39 is 0 Å². The Morgan fingerprint density at radius 2 is 2.25 bits per heavy atom. The lowest BCUT2D eigenvalue weighted by Crippen LogP contribution is -2.41. The number of hydrogen-bond acceptors (Lipinski definition) is 3. The van der Waals surface area contributed by atoms with Gasteiger partial charge in [0.05, 0.1) is 0 Å². The summed E-state index contributed by atoms with van der Waals surface area (Å²) in [5, 5.41) is 0. The second kappa shape index (κ2) is 4.44. The molecule has 2 unspecified atom stereocenters. The first-order valence-corrected chi connectivity index (χ1v) is 5.67. The molecule has 0 spiro atoms. The number of benzene rings is 1. The first-order valence-electron chi connectivity index (χ1n) is 5.67. The normalized spacial score (nSPS) is 28.3. The van der Waals surface area contributed by atoms with Crippen LogP contribution in [-0.2, 0) is 4.74 Å². The van der Waals surface area contributed by atoms with Crippen molar-refractivity contribution < 1.29 is 9.47 Å². The summed E-state index contributed by atoms with van der Waals surface area (Å²) < 4.78 is 11.1. The molecule has 16 heavy (non-hydrogen) atoms. The molecule has 1 aliphatic heterocycles. The Labute approximate surface area is 96.5 Å². The molecule has 1 aliphatic rings. The van der Waals surface area contributed by atoms with Gasteiger partial charge in [0.2, 0.25) is 0 Å². The summed E-state index contributed by atoms with van der Waals surface area (Å²) in [5.74, 6) is 0.917. The first-order chi connectivity index (χ1) is 7.64. The molecular weight excluding hydrogens is 202 g/mol. The zero-order valence-corrected chi connectivity index (χ0v) is 9.90. The molecule has 2 rings (SSSR count). The number of fused-ring (bicyclic) bond motifs is 1.